The van der Waals surface area contributed by atoms with Crippen molar-refractivity contribution in [2.24, 2.45) is 16.1 Å². The number of nitrogens with one attached hydrogen (secondary N) is 1. The Hall–Kier alpha value is -1.19. The van der Waals surface area contributed by atoms with E-state index in [0.29, 0.717) is 12.2 Å². The maximum atomic E-state index is 12.1. The Bertz CT molecular complexity index is 522. The van der Waals surface area contributed by atoms with Gasteiger partial charge in [-0.15, -0.1) is 37.1 Å². The summed E-state index contributed by atoms with van der Waals surface area (Å²) >= 11 is 0. The third kappa shape index (κ3) is 6.08. The first-order valence-corrected chi connectivity index (χ1v) is 7.25. The van der Waals surface area contributed by atoms with Crippen molar-refractivity contribution >= 4 is 35.6 Å². The summed E-state index contributed by atoms with van der Waals surface area (Å²) in [6, 6.07) is 5.37. The predicted octanol–water partition coefficient (Wildman–Crippen LogP) is 4.51. The Kier molecular flexibility index (Phi) is 6.97. The number of alkyl halides is 3. The van der Waals surface area contributed by atoms with E-state index in [2.05, 4.69) is 22.0 Å². The quantitative estimate of drug-likeness (QED) is 0.400. The molecule has 1 fully saturated rings. The number of hydrogen-bond acceptors (Lipinski definition) is 2. The average Bonchev–Trinajstić information content (AvgIpc) is 2.39. The Morgan fingerprint density at radius 3 is 2.35 bits per heavy atom. The minimum atomic E-state index is -4.69. The molecule has 0 spiro atoms. The third-order valence-corrected chi connectivity index (χ3v) is 4.11. The van der Waals surface area contributed by atoms with Crippen molar-refractivity contribution in [1.82, 2.24) is 0 Å². The number of anilines is 1. The van der Waals surface area contributed by atoms with Gasteiger partial charge in [0.05, 0.1) is 0 Å². The van der Waals surface area contributed by atoms with E-state index >= 15 is 0 Å². The molecule has 1 aliphatic carbocycles. The molecule has 1 aromatic rings. The van der Waals surface area contributed by atoms with Gasteiger partial charge in [-0.3, -0.25) is 4.99 Å². The number of guanidine groups is 1. The summed E-state index contributed by atoms with van der Waals surface area (Å²) in [5.41, 5.74) is 6.65. The van der Waals surface area contributed by atoms with Crippen molar-refractivity contribution in [2.45, 2.75) is 39.0 Å². The molecule has 0 atom stereocenters. The van der Waals surface area contributed by atoms with Crippen LogP contribution in [0.25, 0.3) is 0 Å². The predicted molar refractivity (Wildman–Crippen MR) is 95.2 cm³/mol. The van der Waals surface area contributed by atoms with E-state index in [1.807, 2.05) is 0 Å². The highest BCUT2D eigenvalue weighted by Crippen LogP contribution is 2.43. The van der Waals surface area contributed by atoms with E-state index in [0.717, 1.165) is 6.42 Å². The highest BCUT2D eigenvalue weighted by Gasteiger charge is 2.34. The monoisotopic (exact) mass is 443 g/mol. The van der Waals surface area contributed by atoms with Crippen molar-refractivity contribution in [3.8, 4) is 5.75 Å². The summed E-state index contributed by atoms with van der Waals surface area (Å²) in [4.78, 5) is 4.34. The van der Waals surface area contributed by atoms with Gasteiger partial charge < -0.3 is 15.8 Å². The molecule has 1 aliphatic rings. The first-order chi connectivity index (χ1) is 10.3. The third-order valence-electron chi connectivity index (χ3n) is 4.11. The average molecular weight is 443 g/mol. The highest BCUT2D eigenvalue weighted by atomic mass is 127. The Morgan fingerprint density at radius 1 is 1.30 bits per heavy atom. The van der Waals surface area contributed by atoms with Crippen LogP contribution in [-0.4, -0.2) is 18.9 Å². The molecule has 23 heavy (non-hydrogen) atoms. The molecule has 0 heterocycles. The fraction of sp³-hybridized carbons (Fsp3) is 0.533. The van der Waals surface area contributed by atoms with Crippen molar-refractivity contribution in [3.05, 3.63) is 24.3 Å². The lowest BCUT2D eigenvalue weighted by molar-refractivity contribution is -0.274. The Morgan fingerprint density at radius 2 is 1.91 bits per heavy atom. The summed E-state index contributed by atoms with van der Waals surface area (Å²) < 4.78 is 40.0. The fourth-order valence-electron chi connectivity index (χ4n) is 2.48. The topological polar surface area (TPSA) is 59.6 Å². The molecule has 0 saturated heterocycles. The molecular formula is C15H21F3IN3O. The van der Waals surface area contributed by atoms with Gasteiger partial charge in [-0.1, -0.05) is 13.3 Å². The van der Waals surface area contributed by atoms with Crippen LogP contribution in [0, 0.1) is 5.41 Å². The lowest BCUT2D eigenvalue weighted by Gasteiger charge is -2.40. The SMILES string of the molecule is CCC1(CN=C(N)Nc2ccc(OC(F)(F)F)cc2)CCC1.I. The van der Waals surface area contributed by atoms with Crippen LogP contribution in [0.4, 0.5) is 18.9 Å². The number of aliphatic imine (C=N–C) groups is 1. The molecule has 0 unspecified atom stereocenters. The summed E-state index contributed by atoms with van der Waals surface area (Å²) in [6.45, 7) is 2.83. The van der Waals surface area contributed by atoms with Crippen molar-refractivity contribution in [3.63, 3.8) is 0 Å². The van der Waals surface area contributed by atoms with Crippen LogP contribution in [0.5, 0.6) is 5.75 Å². The highest BCUT2D eigenvalue weighted by molar-refractivity contribution is 14.0. The molecule has 0 aromatic heterocycles. The van der Waals surface area contributed by atoms with Crippen LogP contribution in [0.3, 0.4) is 0 Å². The summed E-state index contributed by atoms with van der Waals surface area (Å²) in [5, 5.41) is 2.87. The zero-order valence-electron chi connectivity index (χ0n) is 12.8. The van der Waals surface area contributed by atoms with E-state index in [9.17, 15) is 13.2 Å². The molecule has 1 aromatic carbocycles. The van der Waals surface area contributed by atoms with Crippen LogP contribution in [0.15, 0.2) is 29.3 Å². The van der Waals surface area contributed by atoms with Gasteiger partial charge in [-0.05, 0) is 48.9 Å². The molecule has 0 aliphatic heterocycles. The second kappa shape index (κ2) is 8.07. The van der Waals surface area contributed by atoms with E-state index < -0.39 is 6.36 Å². The van der Waals surface area contributed by atoms with E-state index in [1.54, 1.807) is 0 Å². The maximum absolute atomic E-state index is 12.1. The van der Waals surface area contributed by atoms with Gasteiger partial charge in [0.15, 0.2) is 5.96 Å². The van der Waals surface area contributed by atoms with Crippen LogP contribution >= 0.6 is 24.0 Å². The lowest BCUT2D eigenvalue weighted by atomic mass is 9.67. The Balaban J connectivity index is 0.00000264. The van der Waals surface area contributed by atoms with Gasteiger partial charge in [0.25, 0.3) is 0 Å². The lowest BCUT2D eigenvalue weighted by Crippen LogP contribution is -2.33. The van der Waals surface area contributed by atoms with Crippen molar-refractivity contribution < 1.29 is 17.9 Å². The second-order valence-corrected chi connectivity index (χ2v) is 5.61. The Labute approximate surface area is 150 Å². The number of rotatable bonds is 5. The molecule has 8 heteroatoms. The molecule has 0 amide bonds. The zero-order valence-corrected chi connectivity index (χ0v) is 15.2. The zero-order chi connectivity index (χ0) is 16.2. The first kappa shape index (κ1) is 19.9. The fourth-order valence-corrected chi connectivity index (χ4v) is 2.48. The minimum absolute atomic E-state index is 0. The minimum Gasteiger partial charge on any atom is -0.406 e. The summed E-state index contributed by atoms with van der Waals surface area (Å²) in [5.74, 6) is -0.00261. The number of nitrogens with zero attached hydrogens (tertiary/aromatic N) is 1. The van der Waals surface area contributed by atoms with E-state index in [1.165, 1.54) is 43.5 Å². The summed E-state index contributed by atoms with van der Waals surface area (Å²) in [6.07, 6.45) is -0.0369. The largest absolute Gasteiger partial charge is 0.573 e. The standard InChI is InChI=1S/C15H20F3N3O.HI/c1-2-14(8-3-9-14)10-20-13(19)21-11-4-6-12(7-5-11)22-15(16,17)18;/h4-7H,2-3,8-10H2,1H3,(H3,19,20,21);1H. The van der Waals surface area contributed by atoms with Gasteiger partial charge >= 0.3 is 6.36 Å². The molecule has 130 valence electrons. The molecule has 2 rings (SSSR count). The van der Waals surface area contributed by atoms with E-state index in [4.69, 9.17) is 5.73 Å². The molecular weight excluding hydrogens is 422 g/mol. The van der Waals surface area contributed by atoms with Crippen LogP contribution in [0.1, 0.15) is 32.6 Å². The van der Waals surface area contributed by atoms with Crippen molar-refractivity contribution in [2.75, 3.05) is 11.9 Å². The van der Waals surface area contributed by atoms with Crippen molar-refractivity contribution in [1.29, 1.82) is 0 Å². The molecule has 3 N–H and O–H groups in total. The number of ether oxygens (including phenoxy) is 1. The normalized spacial score (nSPS) is 17.0. The van der Waals surface area contributed by atoms with Gasteiger partial charge in [0.1, 0.15) is 5.75 Å². The summed E-state index contributed by atoms with van der Waals surface area (Å²) in [7, 11) is 0. The van der Waals surface area contributed by atoms with Gasteiger partial charge in [-0.2, -0.15) is 0 Å². The number of nitrogens with two attached hydrogens (primary N) is 1. The smallest absolute Gasteiger partial charge is 0.406 e. The maximum Gasteiger partial charge on any atom is 0.573 e. The number of halogens is 4. The first-order valence-electron chi connectivity index (χ1n) is 7.25. The molecule has 1 saturated carbocycles. The number of benzene rings is 1. The second-order valence-electron chi connectivity index (χ2n) is 5.61. The van der Waals surface area contributed by atoms with Gasteiger partial charge in [0.2, 0.25) is 0 Å². The van der Waals surface area contributed by atoms with Gasteiger partial charge in [-0.25, -0.2) is 0 Å². The molecule has 4 nitrogen and oxygen atoms in total. The van der Waals surface area contributed by atoms with Gasteiger partial charge in [0, 0.05) is 12.2 Å². The molecule has 0 radical (unpaired) electrons. The number of hydrogen-bond donors (Lipinski definition) is 2. The molecule has 0 bridgehead atoms. The van der Waals surface area contributed by atoms with Crippen LogP contribution in [0.2, 0.25) is 0 Å². The van der Waals surface area contributed by atoms with Crippen LogP contribution in [-0.2, 0) is 0 Å². The van der Waals surface area contributed by atoms with E-state index in [-0.39, 0.29) is 41.1 Å². The van der Waals surface area contributed by atoms with Crippen LogP contribution < -0.4 is 15.8 Å².